The maximum absolute atomic E-state index is 12.7. The molecule has 1 aliphatic heterocycles. The fraction of sp³-hybridized carbons (Fsp3) is 0.667. The second kappa shape index (κ2) is 12.7. The summed E-state index contributed by atoms with van der Waals surface area (Å²) in [5.41, 5.74) is 0.362. The SMILES string of the molecule is CCOC(=O)CCN(CC(=O)Nc1sccc1C(=O)OCC)C[C@H]1CCCN1CC. The van der Waals surface area contributed by atoms with Crippen molar-refractivity contribution in [3.8, 4) is 0 Å². The average molecular weight is 440 g/mol. The fourth-order valence-corrected chi connectivity index (χ4v) is 4.47. The summed E-state index contributed by atoms with van der Waals surface area (Å²) in [6.45, 7) is 9.65. The molecule has 2 heterocycles. The van der Waals surface area contributed by atoms with E-state index in [-0.39, 0.29) is 31.4 Å². The first-order valence-corrected chi connectivity index (χ1v) is 11.5. The first kappa shape index (κ1) is 24.3. The Labute approximate surface area is 182 Å². The van der Waals surface area contributed by atoms with E-state index in [1.54, 1.807) is 25.3 Å². The third kappa shape index (κ3) is 7.37. The number of likely N-dealkylation sites (tertiary alicyclic amines) is 1. The first-order chi connectivity index (χ1) is 14.5. The van der Waals surface area contributed by atoms with Crippen LogP contribution in [0, 0.1) is 0 Å². The Morgan fingerprint density at radius 3 is 2.70 bits per heavy atom. The van der Waals surface area contributed by atoms with Crippen molar-refractivity contribution < 1.29 is 23.9 Å². The minimum atomic E-state index is -0.447. The predicted octanol–water partition coefficient (Wildman–Crippen LogP) is 2.60. The zero-order valence-electron chi connectivity index (χ0n) is 18.1. The lowest BCUT2D eigenvalue weighted by atomic mass is 10.2. The third-order valence-electron chi connectivity index (χ3n) is 5.09. The molecule has 1 aromatic rings. The number of ether oxygens (including phenoxy) is 2. The predicted molar refractivity (Wildman–Crippen MR) is 117 cm³/mol. The highest BCUT2D eigenvalue weighted by molar-refractivity contribution is 7.14. The summed E-state index contributed by atoms with van der Waals surface area (Å²) in [5.74, 6) is -0.921. The Bertz CT molecular complexity index is 709. The van der Waals surface area contributed by atoms with Gasteiger partial charge in [-0.3, -0.25) is 19.4 Å². The van der Waals surface area contributed by atoms with Crippen molar-refractivity contribution in [1.82, 2.24) is 9.80 Å². The molecule has 0 spiro atoms. The van der Waals surface area contributed by atoms with Crippen molar-refractivity contribution in [2.24, 2.45) is 0 Å². The zero-order chi connectivity index (χ0) is 21.9. The van der Waals surface area contributed by atoms with Gasteiger partial charge in [-0.25, -0.2) is 4.79 Å². The number of likely N-dealkylation sites (N-methyl/N-ethyl adjacent to an activating group) is 1. The van der Waals surface area contributed by atoms with Crippen molar-refractivity contribution in [1.29, 1.82) is 0 Å². The molecule has 1 N–H and O–H groups in total. The van der Waals surface area contributed by atoms with E-state index in [1.807, 2.05) is 4.90 Å². The molecule has 0 unspecified atom stereocenters. The van der Waals surface area contributed by atoms with Crippen LogP contribution in [0.5, 0.6) is 0 Å². The Hall–Kier alpha value is -1.97. The van der Waals surface area contributed by atoms with Crippen molar-refractivity contribution in [3.63, 3.8) is 0 Å². The lowest BCUT2D eigenvalue weighted by Gasteiger charge is -2.29. The van der Waals surface area contributed by atoms with Crippen LogP contribution < -0.4 is 5.32 Å². The number of nitrogens with one attached hydrogen (secondary N) is 1. The van der Waals surface area contributed by atoms with Gasteiger partial charge in [0.1, 0.15) is 5.00 Å². The Morgan fingerprint density at radius 1 is 1.23 bits per heavy atom. The number of thiophene rings is 1. The maximum atomic E-state index is 12.7. The molecule has 1 saturated heterocycles. The summed E-state index contributed by atoms with van der Waals surface area (Å²) in [7, 11) is 0. The van der Waals surface area contributed by atoms with Gasteiger partial charge >= 0.3 is 11.9 Å². The monoisotopic (exact) mass is 439 g/mol. The number of hydrogen-bond acceptors (Lipinski definition) is 8. The van der Waals surface area contributed by atoms with Gasteiger partial charge in [0.2, 0.25) is 5.91 Å². The number of anilines is 1. The molecule has 0 aliphatic carbocycles. The second-order valence-corrected chi connectivity index (χ2v) is 8.06. The van der Waals surface area contributed by atoms with Crippen LogP contribution in [0.2, 0.25) is 0 Å². The summed E-state index contributed by atoms with van der Waals surface area (Å²) in [4.78, 5) is 41.0. The van der Waals surface area contributed by atoms with Crippen LogP contribution in [0.4, 0.5) is 5.00 Å². The fourth-order valence-electron chi connectivity index (χ4n) is 3.68. The highest BCUT2D eigenvalue weighted by atomic mass is 32.1. The van der Waals surface area contributed by atoms with Crippen LogP contribution in [-0.4, -0.2) is 79.6 Å². The highest BCUT2D eigenvalue weighted by Crippen LogP contribution is 2.24. The minimum absolute atomic E-state index is 0.146. The van der Waals surface area contributed by atoms with Gasteiger partial charge in [0.05, 0.1) is 31.7 Å². The lowest BCUT2D eigenvalue weighted by molar-refractivity contribution is -0.143. The molecule has 0 bridgehead atoms. The maximum Gasteiger partial charge on any atom is 0.341 e. The van der Waals surface area contributed by atoms with Crippen LogP contribution in [0.15, 0.2) is 11.4 Å². The van der Waals surface area contributed by atoms with Crippen LogP contribution in [0.3, 0.4) is 0 Å². The van der Waals surface area contributed by atoms with E-state index in [0.717, 1.165) is 32.5 Å². The van der Waals surface area contributed by atoms with Gasteiger partial charge in [0.15, 0.2) is 0 Å². The van der Waals surface area contributed by atoms with Crippen molar-refractivity contribution in [2.45, 2.75) is 46.1 Å². The molecular weight excluding hydrogens is 406 g/mol. The summed E-state index contributed by atoms with van der Waals surface area (Å²) < 4.78 is 10.1. The Kier molecular flexibility index (Phi) is 10.3. The molecule has 0 radical (unpaired) electrons. The quantitative estimate of drug-likeness (QED) is 0.501. The van der Waals surface area contributed by atoms with E-state index in [4.69, 9.17) is 9.47 Å². The summed E-state index contributed by atoms with van der Waals surface area (Å²) in [6, 6.07) is 2.02. The zero-order valence-corrected chi connectivity index (χ0v) is 19.0. The Morgan fingerprint density at radius 2 is 2.00 bits per heavy atom. The number of amides is 1. The van der Waals surface area contributed by atoms with E-state index in [0.29, 0.717) is 29.8 Å². The highest BCUT2D eigenvalue weighted by Gasteiger charge is 2.26. The van der Waals surface area contributed by atoms with Gasteiger partial charge in [-0.1, -0.05) is 6.92 Å². The van der Waals surface area contributed by atoms with Gasteiger partial charge in [-0.2, -0.15) is 0 Å². The molecule has 168 valence electrons. The van der Waals surface area contributed by atoms with E-state index >= 15 is 0 Å². The lowest BCUT2D eigenvalue weighted by Crippen LogP contribution is -2.44. The van der Waals surface area contributed by atoms with Gasteiger partial charge in [-0.05, 0) is 51.2 Å². The second-order valence-electron chi connectivity index (χ2n) is 7.15. The smallest absolute Gasteiger partial charge is 0.341 e. The molecule has 8 nitrogen and oxygen atoms in total. The number of rotatable bonds is 12. The molecule has 1 amide bonds. The van der Waals surface area contributed by atoms with E-state index in [1.165, 1.54) is 11.3 Å². The molecular formula is C21H33N3O5S. The van der Waals surface area contributed by atoms with E-state index in [2.05, 4.69) is 17.1 Å². The van der Waals surface area contributed by atoms with Crippen molar-refractivity contribution >= 4 is 34.2 Å². The topological polar surface area (TPSA) is 88.2 Å². The number of carbonyl (C=O) groups excluding carboxylic acids is 3. The minimum Gasteiger partial charge on any atom is -0.466 e. The van der Waals surface area contributed by atoms with Crippen molar-refractivity contribution in [2.75, 3.05) is 51.3 Å². The average Bonchev–Trinajstić information content (AvgIpc) is 3.35. The van der Waals surface area contributed by atoms with E-state index in [9.17, 15) is 14.4 Å². The molecule has 9 heteroatoms. The molecule has 1 aromatic heterocycles. The molecule has 30 heavy (non-hydrogen) atoms. The largest absolute Gasteiger partial charge is 0.466 e. The summed E-state index contributed by atoms with van der Waals surface area (Å²) >= 11 is 1.29. The van der Waals surface area contributed by atoms with Gasteiger partial charge in [-0.15, -0.1) is 11.3 Å². The molecule has 1 aliphatic rings. The van der Waals surface area contributed by atoms with Crippen LogP contribution >= 0.6 is 11.3 Å². The normalized spacial score (nSPS) is 16.6. The summed E-state index contributed by atoms with van der Waals surface area (Å²) in [5, 5.41) is 5.06. The molecule has 1 atom stereocenters. The van der Waals surface area contributed by atoms with Gasteiger partial charge in [0, 0.05) is 19.1 Å². The first-order valence-electron chi connectivity index (χ1n) is 10.6. The molecule has 1 fully saturated rings. The third-order valence-corrected chi connectivity index (χ3v) is 5.92. The van der Waals surface area contributed by atoms with Gasteiger partial charge in [0.25, 0.3) is 0 Å². The van der Waals surface area contributed by atoms with Crippen LogP contribution in [0.25, 0.3) is 0 Å². The van der Waals surface area contributed by atoms with Crippen LogP contribution in [-0.2, 0) is 19.1 Å². The number of carbonyl (C=O) groups is 3. The molecule has 0 aromatic carbocycles. The molecule has 0 saturated carbocycles. The molecule has 2 rings (SSSR count). The number of esters is 2. The Balaban J connectivity index is 1.99. The number of nitrogens with zero attached hydrogens (tertiary/aromatic N) is 2. The van der Waals surface area contributed by atoms with E-state index < -0.39 is 5.97 Å². The van der Waals surface area contributed by atoms with Crippen molar-refractivity contribution in [3.05, 3.63) is 17.0 Å². The van der Waals surface area contributed by atoms with Gasteiger partial charge < -0.3 is 14.8 Å². The summed E-state index contributed by atoms with van der Waals surface area (Å²) in [6.07, 6.45) is 2.48. The van der Waals surface area contributed by atoms with Crippen LogP contribution in [0.1, 0.15) is 50.4 Å². The standard InChI is InChI=1S/C21H33N3O5S/c1-4-24-11-7-8-16(24)14-23(12-9-19(26)28-5-2)15-18(25)22-20-17(10-13-30-20)21(27)29-6-3/h10,13,16H,4-9,11-12,14-15H2,1-3H3,(H,22,25)/t16-/m1/s1. The number of hydrogen-bond donors (Lipinski definition) is 1.